The number of rotatable bonds is 0. The van der Waals surface area contributed by atoms with E-state index in [2.05, 4.69) is 4.99 Å². The zero-order valence-electron chi connectivity index (χ0n) is 5.50. The molecule has 2 rings (SSSR count). The fourth-order valence-electron chi connectivity index (χ4n) is 0.992. The third-order valence-corrected chi connectivity index (χ3v) is 1.65. The molecular formula is C8H7NO. The van der Waals surface area contributed by atoms with Gasteiger partial charge in [0.15, 0.2) is 0 Å². The molecule has 1 aliphatic heterocycles. The standard InChI is InChI=1S/C8H7NO/c10-8-7(6-3-4-6)2-1-5-9-8/h1-2,5H,3-4H2. The second kappa shape index (κ2) is 1.90. The summed E-state index contributed by atoms with van der Waals surface area (Å²) >= 11 is 0. The number of aliphatic imine (C=N–C) groups is 1. The lowest BCUT2D eigenvalue weighted by molar-refractivity contribution is -0.114. The maximum absolute atomic E-state index is 11.0. The second-order valence-electron chi connectivity index (χ2n) is 2.46. The molecule has 0 bridgehead atoms. The summed E-state index contributed by atoms with van der Waals surface area (Å²) < 4.78 is 0. The van der Waals surface area contributed by atoms with Gasteiger partial charge in [0.2, 0.25) is 0 Å². The summed E-state index contributed by atoms with van der Waals surface area (Å²) in [6.45, 7) is 0. The van der Waals surface area contributed by atoms with Crippen molar-refractivity contribution in [1.29, 1.82) is 0 Å². The predicted molar refractivity (Wildman–Crippen MR) is 38.9 cm³/mol. The van der Waals surface area contributed by atoms with E-state index in [0.717, 1.165) is 18.4 Å². The molecule has 1 fully saturated rings. The van der Waals surface area contributed by atoms with Gasteiger partial charge in [-0.1, -0.05) is 5.57 Å². The molecule has 0 saturated heterocycles. The van der Waals surface area contributed by atoms with Crippen LogP contribution in [0, 0.1) is 0 Å². The number of hydrogen-bond acceptors (Lipinski definition) is 1. The van der Waals surface area contributed by atoms with Crippen molar-refractivity contribution in [2.24, 2.45) is 4.99 Å². The Labute approximate surface area is 59.0 Å². The molecule has 0 radical (unpaired) electrons. The van der Waals surface area contributed by atoms with Crippen LogP contribution in [0.1, 0.15) is 12.8 Å². The zero-order valence-corrected chi connectivity index (χ0v) is 5.50. The monoisotopic (exact) mass is 133 g/mol. The van der Waals surface area contributed by atoms with Crippen LogP contribution in [0.2, 0.25) is 0 Å². The number of nitrogens with zero attached hydrogens (tertiary/aromatic N) is 1. The van der Waals surface area contributed by atoms with Gasteiger partial charge in [-0.2, -0.15) is 0 Å². The number of carbonyl (C=O) groups is 1. The van der Waals surface area contributed by atoms with Crippen LogP contribution >= 0.6 is 0 Å². The van der Waals surface area contributed by atoms with Gasteiger partial charge in [-0.15, -0.1) is 0 Å². The highest BCUT2D eigenvalue weighted by molar-refractivity contribution is 6.06. The van der Waals surface area contributed by atoms with E-state index in [1.54, 1.807) is 0 Å². The first kappa shape index (κ1) is 5.59. The van der Waals surface area contributed by atoms with Crippen molar-refractivity contribution in [3.8, 4) is 0 Å². The van der Waals surface area contributed by atoms with E-state index in [4.69, 9.17) is 0 Å². The average molecular weight is 133 g/mol. The Hall–Kier alpha value is -1.18. The number of allylic oxidation sites excluding steroid dienone is 2. The number of dihydropyridines is 1. The SMILES string of the molecule is O=C1N=CC=CC1=C1CC1. The van der Waals surface area contributed by atoms with Gasteiger partial charge < -0.3 is 0 Å². The normalized spacial score (nSPS) is 22.2. The van der Waals surface area contributed by atoms with Crippen LogP contribution in [0.5, 0.6) is 0 Å². The topological polar surface area (TPSA) is 29.4 Å². The molecule has 2 aliphatic rings. The van der Waals surface area contributed by atoms with Crippen LogP contribution in [0.15, 0.2) is 28.3 Å². The Morgan fingerprint density at radius 1 is 1.40 bits per heavy atom. The molecule has 0 atom stereocenters. The van der Waals surface area contributed by atoms with Gasteiger partial charge in [0.1, 0.15) is 0 Å². The highest BCUT2D eigenvalue weighted by Gasteiger charge is 2.20. The number of amides is 1. The van der Waals surface area contributed by atoms with E-state index in [1.807, 2.05) is 12.2 Å². The van der Waals surface area contributed by atoms with Crippen molar-refractivity contribution in [1.82, 2.24) is 0 Å². The summed E-state index contributed by atoms with van der Waals surface area (Å²) in [5.74, 6) is -0.0741. The van der Waals surface area contributed by atoms with E-state index < -0.39 is 0 Å². The van der Waals surface area contributed by atoms with Gasteiger partial charge in [0.05, 0.1) is 0 Å². The van der Waals surface area contributed by atoms with Crippen LogP contribution in [0.4, 0.5) is 0 Å². The van der Waals surface area contributed by atoms with E-state index in [-0.39, 0.29) is 5.91 Å². The maximum Gasteiger partial charge on any atom is 0.276 e. The van der Waals surface area contributed by atoms with Crippen LogP contribution in [0.25, 0.3) is 0 Å². The largest absolute Gasteiger partial charge is 0.276 e. The van der Waals surface area contributed by atoms with E-state index in [0.29, 0.717) is 0 Å². The first-order chi connectivity index (χ1) is 4.88. The molecule has 2 nitrogen and oxygen atoms in total. The smallest absolute Gasteiger partial charge is 0.267 e. The Morgan fingerprint density at radius 2 is 2.20 bits per heavy atom. The van der Waals surface area contributed by atoms with Gasteiger partial charge in [0, 0.05) is 11.8 Å². The van der Waals surface area contributed by atoms with E-state index in [1.165, 1.54) is 11.8 Å². The summed E-state index contributed by atoms with van der Waals surface area (Å²) in [6.07, 6.45) is 7.36. The molecule has 2 heteroatoms. The molecule has 0 aromatic heterocycles. The lowest BCUT2D eigenvalue weighted by Gasteiger charge is -1.96. The third kappa shape index (κ3) is 0.817. The first-order valence-electron chi connectivity index (χ1n) is 3.35. The van der Waals surface area contributed by atoms with E-state index >= 15 is 0 Å². The third-order valence-electron chi connectivity index (χ3n) is 1.65. The molecule has 50 valence electrons. The van der Waals surface area contributed by atoms with Crippen LogP contribution in [-0.2, 0) is 4.79 Å². The number of carbonyl (C=O) groups excluding carboxylic acids is 1. The minimum absolute atomic E-state index is 0.0741. The van der Waals surface area contributed by atoms with Gasteiger partial charge in [0.25, 0.3) is 5.91 Å². The fourth-order valence-corrected chi connectivity index (χ4v) is 0.992. The maximum atomic E-state index is 11.0. The minimum Gasteiger partial charge on any atom is -0.267 e. The van der Waals surface area contributed by atoms with Gasteiger partial charge >= 0.3 is 0 Å². The van der Waals surface area contributed by atoms with Crippen molar-refractivity contribution in [2.45, 2.75) is 12.8 Å². The summed E-state index contributed by atoms with van der Waals surface area (Å²) in [5.41, 5.74) is 2.08. The van der Waals surface area contributed by atoms with Crippen LogP contribution in [-0.4, -0.2) is 12.1 Å². The molecule has 0 aromatic carbocycles. The molecule has 1 heterocycles. The Kier molecular flexibility index (Phi) is 1.07. The first-order valence-corrected chi connectivity index (χ1v) is 3.35. The lowest BCUT2D eigenvalue weighted by atomic mass is 10.2. The average Bonchev–Trinajstić information content (AvgIpc) is 2.71. The lowest BCUT2D eigenvalue weighted by Crippen LogP contribution is -2.00. The molecular weight excluding hydrogens is 126 g/mol. The zero-order chi connectivity index (χ0) is 6.97. The Morgan fingerprint density at radius 3 is 2.80 bits per heavy atom. The molecule has 10 heavy (non-hydrogen) atoms. The summed E-state index contributed by atoms with van der Waals surface area (Å²) in [5, 5.41) is 0. The summed E-state index contributed by atoms with van der Waals surface area (Å²) in [4.78, 5) is 14.6. The van der Waals surface area contributed by atoms with E-state index in [9.17, 15) is 4.79 Å². The Balaban J connectivity index is 2.39. The molecule has 0 spiro atoms. The molecule has 1 aliphatic carbocycles. The van der Waals surface area contributed by atoms with Crippen molar-refractivity contribution in [3.05, 3.63) is 23.3 Å². The predicted octanol–water partition coefficient (Wildman–Crippen LogP) is 1.24. The molecule has 1 amide bonds. The summed E-state index contributed by atoms with van der Waals surface area (Å²) in [6, 6.07) is 0. The highest BCUT2D eigenvalue weighted by atomic mass is 16.1. The molecule has 1 saturated carbocycles. The second-order valence-corrected chi connectivity index (χ2v) is 2.46. The van der Waals surface area contributed by atoms with Gasteiger partial charge in [-0.3, -0.25) is 4.79 Å². The van der Waals surface area contributed by atoms with Gasteiger partial charge in [-0.25, -0.2) is 4.99 Å². The molecule has 0 unspecified atom stereocenters. The quantitative estimate of drug-likeness (QED) is 0.457. The molecule has 0 N–H and O–H groups in total. The van der Waals surface area contributed by atoms with Crippen LogP contribution < -0.4 is 0 Å². The Bertz CT molecular complexity index is 265. The van der Waals surface area contributed by atoms with Crippen molar-refractivity contribution >= 4 is 12.1 Å². The minimum atomic E-state index is -0.0741. The van der Waals surface area contributed by atoms with Crippen molar-refractivity contribution in [2.75, 3.05) is 0 Å². The van der Waals surface area contributed by atoms with Crippen LogP contribution in [0.3, 0.4) is 0 Å². The fraction of sp³-hybridized carbons (Fsp3) is 0.250. The number of hydrogen-bond donors (Lipinski definition) is 0. The summed E-state index contributed by atoms with van der Waals surface area (Å²) in [7, 11) is 0. The highest BCUT2D eigenvalue weighted by Crippen LogP contribution is 2.33. The van der Waals surface area contributed by atoms with Gasteiger partial charge in [-0.05, 0) is 25.0 Å². The van der Waals surface area contributed by atoms with Crippen molar-refractivity contribution < 1.29 is 4.79 Å². The van der Waals surface area contributed by atoms with Crippen molar-refractivity contribution in [3.63, 3.8) is 0 Å². The molecule has 0 aromatic rings.